The first-order valence-electron chi connectivity index (χ1n) is 11.6. The zero-order valence-corrected chi connectivity index (χ0v) is 24.9. The second kappa shape index (κ2) is 13.1. The first kappa shape index (κ1) is 30.4. The van der Waals surface area contributed by atoms with E-state index in [2.05, 4.69) is 21.2 Å². The molecular weight excluding hydrogens is 589 g/mol. The Kier molecular flexibility index (Phi) is 11.1. The maximum Gasteiger partial charge on any atom is 0.244 e. The van der Waals surface area contributed by atoms with Crippen molar-refractivity contribution in [2.45, 2.75) is 59.2 Å². The fourth-order valence-electron chi connectivity index (χ4n) is 3.59. The summed E-state index contributed by atoms with van der Waals surface area (Å²) in [6, 6.07) is 9.04. The van der Waals surface area contributed by atoms with Gasteiger partial charge in [0.2, 0.25) is 21.8 Å². The molecule has 0 aliphatic heterocycles. The summed E-state index contributed by atoms with van der Waals surface area (Å²) in [6.07, 6.45) is 2.10. The molecule has 2 aromatic rings. The number of sulfonamides is 1. The number of benzene rings is 2. The molecule has 1 N–H and O–H groups in total. The number of rotatable bonds is 11. The highest BCUT2D eigenvalue weighted by Gasteiger charge is 2.32. The molecule has 0 heterocycles. The Bertz CT molecular complexity index is 1210. The molecule has 2 aromatic carbocycles. The second-order valence-corrected chi connectivity index (χ2v) is 12.3. The summed E-state index contributed by atoms with van der Waals surface area (Å²) in [6.45, 7) is 7.01. The van der Waals surface area contributed by atoms with Gasteiger partial charge in [0, 0.05) is 27.1 Å². The largest absolute Gasteiger partial charge is 0.352 e. The third-order valence-corrected chi connectivity index (χ3v) is 8.47. The highest BCUT2D eigenvalue weighted by molar-refractivity contribution is 9.10. The Morgan fingerprint density at radius 3 is 2.28 bits per heavy atom. The summed E-state index contributed by atoms with van der Waals surface area (Å²) in [5.74, 6) is -0.839. The lowest BCUT2D eigenvalue weighted by Gasteiger charge is -2.33. The molecule has 0 aromatic heterocycles. The van der Waals surface area contributed by atoms with Crippen LogP contribution in [0.15, 0.2) is 40.9 Å². The van der Waals surface area contributed by atoms with Crippen molar-refractivity contribution >= 4 is 66.7 Å². The minimum absolute atomic E-state index is 0.0121. The van der Waals surface area contributed by atoms with Crippen LogP contribution in [-0.2, 0) is 26.2 Å². The summed E-state index contributed by atoms with van der Waals surface area (Å²) in [7, 11) is -3.81. The van der Waals surface area contributed by atoms with Crippen LogP contribution in [0.4, 0.5) is 5.69 Å². The van der Waals surface area contributed by atoms with Crippen LogP contribution < -0.4 is 9.62 Å². The lowest BCUT2D eigenvalue weighted by molar-refractivity contribution is -0.140. The van der Waals surface area contributed by atoms with Crippen LogP contribution in [0.2, 0.25) is 10.0 Å². The molecule has 0 fully saturated rings. The van der Waals surface area contributed by atoms with Crippen molar-refractivity contribution in [3.05, 3.63) is 62.0 Å². The van der Waals surface area contributed by atoms with Crippen LogP contribution in [0.25, 0.3) is 0 Å². The Balaban J connectivity index is 2.50. The van der Waals surface area contributed by atoms with Gasteiger partial charge in [-0.15, -0.1) is 0 Å². The van der Waals surface area contributed by atoms with Gasteiger partial charge in [0.25, 0.3) is 0 Å². The fourth-order valence-corrected chi connectivity index (χ4v) is 5.15. The van der Waals surface area contributed by atoms with Crippen LogP contribution in [-0.4, -0.2) is 50.0 Å². The molecule has 0 bridgehead atoms. The molecule has 0 aliphatic carbocycles. The Morgan fingerprint density at radius 1 is 1.08 bits per heavy atom. The van der Waals surface area contributed by atoms with Crippen molar-refractivity contribution in [2.75, 3.05) is 17.1 Å². The molecule has 36 heavy (non-hydrogen) atoms. The van der Waals surface area contributed by atoms with Crippen LogP contribution >= 0.6 is 39.1 Å². The summed E-state index contributed by atoms with van der Waals surface area (Å²) >= 11 is 15.8. The van der Waals surface area contributed by atoms with E-state index in [-0.39, 0.29) is 18.5 Å². The van der Waals surface area contributed by atoms with Gasteiger partial charge >= 0.3 is 0 Å². The molecule has 0 saturated heterocycles. The van der Waals surface area contributed by atoms with E-state index in [0.717, 1.165) is 27.0 Å². The van der Waals surface area contributed by atoms with Gasteiger partial charge in [-0.2, -0.15) is 0 Å². The van der Waals surface area contributed by atoms with Crippen molar-refractivity contribution in [1.29, 1.82) is 0 Å². The first-order chi connectivity index (χ1) is 16.8. The van der Waals surface area contributed by atoms with Crippen molar-refractivity contribution in [3.8, 4) is 0 Å². The number of nitrogens with zero attached hydrogens (tertiary/aromatic N) is 2. The Morgan fingerprint density at radius 2 is 1.75 bits per heavy atom. The highest BCUT2D eigenvalue weighted by Crippen LogP contribution is 2.27. The van der Waals surface area contributed by atoms with E-state index in [1.54, 1.807) is 43.3 Å². The lowest BCUT2D eigenvalue weighted by atomic mass is 10.1. The molecule has 2 rings (SSSR count). The maximum atomic E-state index is 13.7. The number of carbonyl (C=O) groups is 2. The van der Waals surface area contributed by atoms with E-state index in [1.807, 2.05) is 20.8 Å². The highest BCUT2D eigenvalue weighted by atomic mass is 79.9. The minimum Gasteiger partial charge on any atom is -0.352 e. The lowest BCUT2D eigenvalue weighted by Crippen LogP contribution is -2.53. The second-order valence-electron chi connectivity index (χ2n) is 8.70. The molecule has 7 nitrogen and oxygen atoms in total. The van der Waals surface area contributed by atoms with Gasteiger partial charge in [0.15, 0.2) is 0 Å². The van der Waals surface area contributed by atoms with E-state index in [0.29, 0.717) is 27.7 Å². The smallest absolute Gasteiger partial charge is 0.244 e. The van der Waals surface area contributed by atoms with E-state index < -0.39 is 28.5 Å². The van der Waals surface area contributed by atoms with Gasteiger partial charge in [-0.3, -0.25) is 13.9 Å². The van der Waals surface area contributed by atoms with E-state index in [9.17, 15) is 18.0 Å². The monoisotopic (exact) mass is 619 g/mol. The number of anilines is 1. The normalized spacial score (nSPS) is 13.1. The molecule has 198 valence electrons. The number of halogens is 3. The van der Waals surface area contributed by atoms with Gasteiger partial charge in [0.1, 0.15) is 12.6 Å². The van der Waals surface area contributed by atoms with E-state index in [1.165, 1.54) is 4.90 Å². The third-order valence-electron chi connectivity index (χ3n) is 5.85. The maximum absolute atomic E-state index is 13.7. The molecule has 0 aliphatic rings. The summed E-state index contributed by atoms with van der Waals surface area (Å²) in [5.41, 5.74) is 1.76. The predicted octanol–water partition coefficient (Wildman–Crippen LogP) is 5.55. The van der Waals surface area contributed by atoms with Gasteiger partial charge in [-0.25, -0.2) is 8.42 Å². The topological polar surface area (TPSA) is 86.8 Å². The molecule has 0 unspecified atom stereocenters. The average molecular weight is 621 g/mol. The molecule has 11 heteroatoms. The average Bonchev–Trinajstić information content (AvgIpc) is 2.79. The third kappa shape index (κ3) is 8.10. The summed E-state index contributed by atoms with van der Waals surface area (Å²) < 4.78 is 27.3. The zero-order valence-electron chi connectivity index (χ0n) is 21.0. The van der Waals surface area contributed by atoms with E-state index in [4.69, 9.17) is 23.2 Å². The van der Waals surface area contributed by atoms with Gasteiger partial charge in [-0.1, -0.05) is 59.0 Å². The number of hydrogen-bond donors (Lipinski definition) is 1. The quantitative estimate of drug-likeness (QED) is 0.357. The molecule has 0 spiro atoms. The van der Waals surface area contributed by atoms with Gasteiger partial charge < -0.3 is 10.2 Å². The molecule has 0 saturated carbocycles. The first-order valence-corrected chi connectivity index (χ1v) is 15.0. The predicted molar refractivity (Wildman–Crippen MR) is 150 cm³/mol. The standard InChI is InChI=1S/C25H32BrCl2N3O4S/c1-6-17(4)29-25(33)23(7-2)30(14-18-8-9-19(27)13-22(18)28)24(32)15-31(36(5,34)35)20-10-11-21(26)16(3)12-20/h8-13,17,23H,6-7,14-15H2,1-5H3,(H,29,33)/t17-,23+/m1/s1. The van der Waals surface area contributed by atoms with Crippen LogP contribution in [0, 0.1) is 6.92 Å². The number of nitrogens with one attached hydrogen (secondary N) is 1. The molecule has 0 radical (unpaired) electrons. The molecule has 2 atom stereocenters. The minimum atomic E-state index is -3.81. The van der Waals surface area contributed by atoms with Crippen LogP contribution in [0.1, 0.15) is 44.7 Å². The molecular formula is C25H32BrCl2N3O4S. The number of amides is 2. The molecule has 2 amide bonds. The number of aryl methyl sites for hydroxylation is 1. The van der Waals surface area contributed by atoms with Crippen molar-refractivity contribution in [1.82, 2.24) is 10.2 Å². The summed E-state index contributed by atoms with van der Waals surface area (Å²) in [4.78, 5) is 28.3. The van der Waals surface area contributed by atoms with Crippen LogP contribution in [0.5, 0.6) is 0 Å². The SMILES string of the molecule is CC[C@@H](C)NC(=O)[C@H](CC)N(Cc1ccc(Cl)cc1Cl)C(=O)CN(c1ccc(Br)c(C)c1)S(C)(=O)=O. The Hall–Kier alpha value is -1.81. The van der Waals surface area contributed by atoms with Crippen molar-refractivity contribution in [2.24, 2.45) is 0 Å². The van der Waals surface area contributed by atoms with Crippen LogP contribution in [0.3, 0.4) is 0 Å². The fraction of sp³-hybridized carbons (Fsp3) is 0.440. The number of carbonyl (C=O) groups excluding carboxylic acids is 2. The van der Waals surface area contributed by atoms with Crippen molar-refractivity contribution < 1.29 is 18.0 Å². The number of hydrogen-bond acceptors (Lipinski definition) is 4. The summed E-state index contributed by atoms with van der Waals surface area (Å²) in [5, 5.41) is 3.72. The van der Waals surface area contributed by atoms with Gasteiger partial charge in [0.05, 0.1) is 11.9 Å². The zero-order chi connectivity index (χ0) is 27.2. The van der Waals surface area contributed by atoms with Crippen molar-refractivity contribution in [3.63, 3.8) is 0 Å². The Labute approximate surface area is 232 Å². The van der Waals surface area contributed by atoms with E-state index >= 15 is 0 Å². The van der Waals surface area contributed by atoms with Gasteiger partial charge in [-0.05, 0) is 68.1 Å².